The van der Waals surface area contributed by atoms with Crippen molar-refractivity contribution in [1.82, 2.24) is 19.7 Å². The summed E-state index contributed by atoms with van der Waals surface area (Å²) in [5.74, 6) is 0.534. The zero-order valence-corrected chi connectivity index (χ0v) is 17.9. The molecule has 1 aliphatic rings. The first-order valence-corrected chi connectivity index (χ1v) is 11.1. The van der Waals surface area contributed by atoms with Crippen molar-refractivity contribution >= 4 is 34.0 Å². The molecule has 1 unspecified atom stereocenters. The number of halogens is 1. The summed E-state index contributed by atoms with van der Waals surface area (Å²) >= 11 is 7.66. The number of piperidine rings is 1. The lowest BCUT2D eigenvalue weighted by Crippen LogP contribution is -2.33. The van der Waals surface area contributed by atoms with Gasteiger partial charge in [0.25, 0.3) is 5.91 Å². The molecule has 0 bridgehead atoms. The molecule has 29 heavy (non-hydrogen) atoms. The molecule has 1 saturated heterocycles. The number of benzene rings is 1. The van der Waals surface area contributed by atoms with Crippen molar-refractivity contribution in [1.29, 1.82) is 0 Å². The minimum Gasteiger partial charge on any atom is -0.298 e. The van der Waals surface area contributed by atoms with Crippen molar-refractivity contribution in [3.63, 3.8) is 0 Å². The van der Waals surface area contributed by atoms with Crippen LogP contribution in [-0.2, 0) is 13.1 Å². The average Bonchev–Trinajstić information content (AvgIpc) is 3.33. The Balaban J connectivity index is 1.34. The Morgan fingerprint density at radius 2 is 2.21 bits per heavy atom. The highest BCUT2D eigenvalue weighted by Gasteiger charge is 2.18. The van der Waals surface area contributed by atoms with Gasteiger partial charge in [0.05, 0.1) is 24.0 Å². The molecule has 1 fully saturated rings. The summed E-state index contributed by atoms with van der Waals surface area (Å²) in [5, 5.41) is 10.5. The molecule has 1 N–H and O–H groups in total. The molecule has 2 aromatic heterocycles. The predicted molar refractivity (Wildman–Crippen MR) is 117 cm³/mol. The fraction of sp³-hybridized carbons (Fsp3) is 0.381. The van der Waals surface area contributed by atoms with E-state index in [9.17, 15) is 4.79 Å². The van der Waals surface area contributed by atoms with Gasteiger partial charge in [-0.2, -0.15) is 5.10 Å². The van der Waals surface area contributed by atoms with Crippen LogP contribution in [0, 0.1) is 5.92 Å². The van der Waals surface area contributed by atoms with Crippen molar-refractivity contribution < 1.29 is 4.79 Å². The van der Waals surface area contributed by atoms with E-state index < -0.39 is 0 Å². The number of likely N-dealkylation sites (tertiary alicyclic amines) is 1. The van der Waals surface area contributed by atoms with Gasteiger partial charge in [0.15, 0.2) is 5.13 Å². The molecule has 0 radical (unpaired) electrons. The predicted octanol–water partition coefficient (Wildman–Crippen LogP) is 4.53. The number of hydrogen-bond acceptors (Lipinski definition) is 5. The van der Waals surface area contributed by atoms with Crippen LogP contribution in [0.1, 0.15) is 41.4 Å². The molecule has 0 spiro atoms. The molecule has 1 aromatic carbocycles. The van der Waals surface area contributed by atoms with Crippen molar-refractivity contribution in [3.05, 3.63) is 63.9 Å². The Labute approximate surface area is 179 Å². The number of amides is 1. The lowest BCUT2D eigenvalue weighted by Gasteiger charge is -2.30. The van der Waals surface area contributed by atoms with Gasteiger partial charge in [-0.3, -0.25) is 19.7 Å². The fourth-order valence-corrected chi connectivity index (χ4v) is 4.53. The van der Waals surface area contributed by atoms with E-state index in [0.717, 1.165) is 36.8 Å². The lowest BCUT2D eigenvalue weighted by atomic mass is 10.0. The van der Waals surface area contributed by atoms with E-state index in [-0.39, 0.29) is 5.91 Å². The Kier molecular flexibility index (Phi) is 6.28. The average molecular weight is 430 g/mol. The van der Waals surface area contributed by atoms with E-state index in [0.29, 0.717) is 22.3 Å². The quantitative estimate of drug-likeness (QED) is 0.625. The largest absolute Gasteiger partial charge is 0.298 e. The molecule has 1 amide bonds. The SMILES string of the molecule is CC1CCCN(Cc2csc(NC(=O)c3cnn(Cc4ccccc4Cl)c3)n2)C1. The van der Waals surface area contributed by atoms with Crippen molar-refractivity contribution in [2.75, 3.05) is 18.4 Å². The van der Waals surface area contributed by atoms with Crippen LogP contribution in [0.2, 0.25) is 5.02 Å². The topological polar surface area (TPSA) is 63.1 Å². The maximum atomic E-state index is 12.6. The highest BCUT2D eigenvalue weighted by atomic mass is 35.5. The second-order valence-electron chi connectivity index (χ2n) is 7.60. The third-order valence-corrected chi connectivity index (χ3v) is 6.26. The summed E-state index contributed by atoms with van der Waals surface area (Å²) < 4.78 is 1.71. The van der Waals surface area contributed by atoms with Gasteiger partial charge < -0.3 is 0 Å². The molecule has 3 heterocycles. The molecule has 1 aliphatic heterocycles. The number of carbonyl (C=O) groups is 1. The zero-order valence-electron chi connectivity index (χ0n) is 16.3. The summed E-state index contributed by atoms with van der Waals surface area (Å²) in [4.78, 5) is 19.6. The van der Waals surface area contributed by atoms with Gasteiger partial charge >= 0.3 is 0 Å². The maximum Gasteiger partial charge on any atom is 0.260 e. The van der Waals surface area contributed by atoms with Gasteiger partial charge in [0.2, 0.25) is 0 Å². The molecule has 0 aliphatic carbocycles. The molecule has 4 rings (SSSR count). The molecule has 8 heteroatoms. The van der Waals surface area contributed by atoms with Gasteiger partial charge in [-0.05, 0) is 36.9 Å². The summed E-state index contributed by atoms with van der Waals surface area (Å²) in [7, 11) is 0. The van der Waals surface area contributed by atoms with E-state index in [4.69, 9.17) is 11.6 Å². The minimum atomic E-state index is -0.206. The summed E-state index contributed by atoms with van der Waals surface area (Å²) in [6.07, 6.45) is 5.84. The van der Waals surface area contributed by atoms with Crippen LogP contribution in [0.5, 0.6) is 0 Å². The van der Waals surface area contributed by atoms with Crippen LogP contribution < -0.4 is 5.32 Å². The monoisotopic (exact) mass is 429 g/mol. The van der Waals surface area contributed by atoms with Gasteiger partial charge in [-0.15, -0.1) is 11.3 Å². The molecule has 1 atom stereocenters. The first-order chi connectivity index (χ1) is 14.1. The number of carbonyl (C=O) groups excluding carboxylic acids is 1. The highest BCUT2D eigenvalue weighted by Crippen LogP contribution is 2.21. The van der Waals surface area contributed by atoms with Crippen LogP contribution in [0.3, 0.4) is 0 Å². The number of rotatable bonds is 6. The van der Waals surface area contributed by atoms with E-state index in [1.807, 2.05) is 29.6 Å². The first kappa shape index (κ1) is 20.1. The van der Waals surface area contributed by atoms with Crippen LogP contribution in [0.4, 0.5) is 5.13 Å². The Hall–Kier alpha value is -2.22. The molecule has 0 saturated carbocycles. The number of nitrogens with one attached hydrogen (secondary N) is 1. The maximum absolute atomic E-state index is 12.6. The number of thiazole rings is 1. The Morgan fingerprint density at radius 3 is 3.03 bits per heavy atom. The lowest BCUT2D eigenvalue weighted by molar-refractivity contribution is 0.102. The Morgan fingerprint density at radius 1 is 1.34 bits per heavy atom. The van der Waals surface area contributed by atoms with Gasteiger partial charge in [-0.25, -0.2) is 4.98 Å². The van der Waals surface area contributed by atoms with E-state index >= 15 is 0 Å². The van der Waals surface area contributed by atoms with Crippen LogP contribution >= 0.6 is 22.9 Å². The van der Waals surface area contributed by atoms with Crippen molar-refractivity contribution in [2.24, 2.45) is 5.92 Å². The molecule has 152 valence electrons. The van der Waals surface area contributed by atoms with Crippen molar-refractivity contribution in [2.45, 2.75) is 32.9 Å². The van der Waals surface area contributed by atoms with Crippen LogP contribution in [0.25, 0.3) is 0 Å². The second-order valence-corrected chi connectivity index (χ2v) is 8.86. The van der Waals surface area contributed by atoms with Gasteiger partial charge in [0, 0.05) is 29.7 Å². The second kappa shape index (κ2) is 9.07. The Bertz CT molecular complexity index is 985. The van der Waals surface area contributed by atoms with Gasteiger partial charge in [0.1, 0.15) is 0 Å². The third kappa shape index (κ3) is 5.23. The van der Waals surface area contributed by atoms with Crippen LogP contribution in [0.15, 0.2) is 42.0 Å². The zero-order chi connectivity index (χ0) is 20.2. The summed E-state index contributed by atoms with van der Waals surface area (Å²) in [6, 6.07) is 7.62. The molecule has 3 aromatic rings. The minimum absolute atomic E-state index is 0.206. The number of anilines is 1. The summed E-state index contributed by atoms with van der Waals surface area (Å²) in [6.45, 7) is 5.89. The van der Waals surface area contributed by atoms with Gasteiger partial charge in [-0.1, -0.05) is 36.7 Å². The number of hydrogen-bond donors (Lipinski definition) is 1. The first-order valence-electron chi connectivity index (χ1n) is 9.81. The third-order valence-electron chi connectivity index (χ3n) is 5.08. The van der Waals surface area contributed by atoms with Crippen LogP contribution in [-0.4, -0.2) is 38.7 Å². The molecule has 6 nitrogen and oxygen atoms in total. The van der Waals surface area contributed by atoms with E-state index in [2.05, 4.69) is 27.2 Å². The normalized spacial score (nSPS) is 17.4. The van der Waals surface area contributed by atoms with E-state index in [1.165, 1.54) is 24.2 Å². The fourth-order valence-electron chi connectivity index (χ4n) is 3.63. The number of aromatic nitrogens is 3. The smallest absolute Gasteiger partial charge is 0.260 e. The summed E-state index contributed by atoms with van der Waals surface area (Å²) in [5.41, 5.74) is 2.47. The highest BCUT2D eigenvalue weighted by molar-refractivity contribution is 7.13. The molecular formula is C21H24ClN5OS. The molecular weight excluding hydrogens is 406 g/mol. The van der Waals surface area contributed by atoms with E-state index in [1.54, 1.807) is 17.1 Å². The van der Waals surface area contributed by atoms with Crippen molar-refractivity contribution in [3.8, 4) is 0 Å². The standard InChI is InChI=1S/C21H24ClN5OS/c1-15-5-4-8-26(10-15)13-18-14-29-21(24-18)25-20(28)17-9-23-27(12-17)11-16-6-2-3-7-19(16)22/h2-3,6-7,9,12,14-15H,4-5,8,10-11,13H2,1H3,(H,24,25,28). The number of nitrogens with zero attached hydrogens (tertiary/aromatic N) is 4.